The molecule has 1 aliphatic heterocycles. The highest BCUT2D eigenvalue weighted by atomic mass is 16.5. The van der Waals surface area contributed by atoms with E-state index in [9.17, 15) is 4.79 Å². The number of carbonyl (C=O) groups excluding carboxylic acids is 1. The maximum absolute atomic E-state index is 12.5. The molecule has 150 valence electrons. The van der Waals surface area contributed by atoms with Gasteiger partial charge in [-0.15, -0.1) is 0 Å². The minimum atomic E-state index is 0.0551. The molecule has 2 aromatic rings. The average Bonchev–Trinajstić information content (AvgIpc) is 2.99. The summed E-state index contributed by atoms with van der Waals surface area (Å²) in [6.45, 7) is 8.28. The van der Waals surface area contributed by atoms with Gasteiger partial charge in [0, 0.05) is 18.3 Å². The molecule has 5 heteroatoms. The first kappa shape index (κ1) is 20.1. The summed E-state index contributed by atoms with van der Waals surface area (Å²) in [5.74, 6) is 1.58. The number of benzene rings is 2. The van der Waals surface area contributed by atoms with Crippen LogP contribution in [0.25, 0.3) is 0 Å². The maximum atomic E-state index is 12.5. The van der Waals surface area contributed by atoms with Gasteiger partial charge in [-0.3, -0.25) is 4.79 Å². The van der Waals surface area contributed by atoms with Crippen molar-refractivity contribution in [2.45, 2.75) is 39.7 Å². The molecule has 1 atom stereocenters. The van der Waals surface area contributed by atoms with E-state index in [0.29, 0.717) is 32.3 Å². The molecule has 3 rings (SSSR count). The van der Waals surface area contributed by atoms with Gasteiger partial charge in [0.1, 0.15) is 0 Å². The monoisotopic (exact) mass is 382 g/mol. The summed E-state index contributed by atoms with van der Waals surface area (Å²) in [5, 5.41) is 3.05. The van der Waals surface area contributed by atoms with Crippen LogP contribution in [-0.4, -0.2) is 38.3 Å². The lowest BCUT2D eigenvalue weighted by atomic mass is 10.1. The Morgan fingerprint density at radius 1 is 1.11 bits per heavy atom. The summed E-state index contributed by atoms with van der Waals surface area (Å²) in [7, 11) is 0. The standard InChI is InChI=1S/C23H30N2O3/c1-4-27-21-11-10-18(15-22(21)28-5-2)12-13-24-23(26)16-25-17(3)14-19-8-6-7-9-20(19)25/h6-11,15,17H,4-5,12-14,16H2,1-3H3,(H,24,26)/t17-/m1/s1. The van der Waals surface area contributed by atoms with E-state index in [-0.39, 0.29) is 5.91 Å². The van der Waals surface area contributed by atoms with Gasteiger partial charge in [-0.2, -0.15) is 0 Å². The number of anilines is 1. The number of nitrogens with zero attached hydrogens (tertiary/aromatic N) is 1. The molecule has 0 fully saturated rings. The van der Waals surface area contributed by atoms with Gasteiger partial charge in [-0.25, -0.2) is 0 Å². The molecule has 5 nitrogen and oxygen atoms in total. The zero-order chi connectivity index (χ0) is 19.9. The van der Waals surface area contributed by atoms with Crippen LogP contribution in [-0.2, 0) is 17.6 Å². The van der Waals surface area contributed by atoms with Crippen LogP contribution in [0, 0.1) is 0 Å². The van der Waals surface area contributed by atoms with Crippen LogP contribution in [0.5, 0.6) is 11.5 Å². The Bertz CT molecular complexity index is 806. The minimum absolute atomic E-state index is 0.0551. The van der Waals surface area contributed by atoms with E-state index >= 15 is 0 Å². The lowest BCUT2D eigenvalue weighted by Gasteiger charge is -2.24. The van der Waals surface area contributed by atoms with E-state index in [2.05, 4.69) is 35.3 Å². The van der Waals surface area contributed by atoms with Crippen molar-refractivity contribution < 1.29 is 14.3 Å². The first-order chi connectivity index (χ1) is 13.6. The van der Waals surface area contributed by atoms with Crippen molar-refractivity contribution in [3.63, 3.8) is 0 Å². The molecule has 0 bridgehead atoms. The molecule has 0 radical (unpaired) electrons. The van der Waals surface area contributed by atoms with Gasteiger partial charge in [0.25, 0.3) is 0 Å². The van der Waals surface area contributed by atoms with Crippen molar-refractivity contribution in [3.8, 4) is 11.5 Å². The zero-order valence-corrected chi connectivity index (χ0v) is 17.0. The molecule has 0 aliphatic carbocycles. The van der Waals surface area contributed by atoms with Crippen LogP contribution >= 0.6 is 0 Å². The van der Waals surface area contributed by atoms with Crippen LogP contribution in [0.2, 0.25) is 0 Å². The largest absolute Gasteiger partial charge is 0.490 e. The van der Waals surface area contributed by atoms with E-state index in [4.69, 9.17) is 9.47 Å². The predicted molar refractivity (Wildman–Crippen MR) is 112 cm³/mol. The molecule has 0 spiro atoms. The predicted octanol–water partition coefficient (Wildman–Crippen LogP) is 3.59. The highest BCUT2D eigenvalue weighted by Gasteiger charge is 2.26. The zero-order valence-electron chi connectivity index (χ0n) is 17.0. The molecule has 0 saturated heterocycles. The molecule has 0 saturated carbocycles. The van der Waals surface area contributed by atoms with E-state index in [1.54, 1.807) is 0 Å². The van der Waals surface area contributed by atoms with Gasteiger partial charge in [-0.1, -0.05) is 24.3 Å². The van der Waals surface area contributed by atoms with Crippen molar-refractivity contribution in [1.29, 1.82) is 0 Å². The normalized spacial score (nSPS) is 15.2. The van der Waals surface area contributed by atoms with Crippen molar-refractivity contribution in [1.82, 2.24) is 5.32 Å². The summed E-state index contributed by atoms with van der Waals surface area (Å²) in [5.41, 5.74) is 3.62. The number of para-hydroxylation sites is 1. The highest BCUT2D eigenvalue weighted by Crippen LogP contribution is 2.31. The van der Waals surface area contributed by atoms with E-state index in [1.807, 2.05) is 38.1 Å². The van der Waals surface area contributed by atoms with E-state index in [0.717, 1.165) is 29.9 Å². The molecule has 1 N–H and O–H groups in total. The molecular formula is C23H30N2O3. The Labute approximate surface area is 167 Å². The van der Waals surface area contributed by atoms with Gasteiger partial charge in [0.05, 0.1) is 19.8 Å². The smallest absolute Gasteiger partial charge is 0.239 e. The fourth-order valence-electron chi connectivity index (χ4n) is 3.68. The van der Waals surface area contributed by atoms with Gasteiger partial charge in [0.15, 0.2) is 11.5 Å². The second kappa shape index (κ2) is 9.49. The fraction of sp³-hybridized carbons (Fsp3) is 0.435. The van der Waals surface area contributed by atoms with Crippen LogP contribution in [0.4, 0.5) is 5.69 Å². The first-order valence-corrected chi connectivity index (χ1v) is 10.1. The Balaban J connectivity index is 1.52. The molecule has 28 heavy (non-hydrogen) atoms. The SMILES string of the molecule is CCOc1ccc(CCNC(=O)CN2c3ccccc3C[C@H]2C)cc1OCC. The lowest BCUT2D eigenvalue weighted by molar-refractivity contribution is -0.119. The number of hydrogen-bond donors (Lipinski definition) is 1. The quantitative estimate of drug-likeness (QED) is 0.720. The fourth-order valence-corrected chi connectivity index (χ4v) is 3.68. The second-order valence-corrected chi connectivity index (χ2v) is 7.06. The summed E-state index contributed by atoms with van der Waals surface area (Å²) in [6, 6.07) is 14.6. The average molecular weight is 383 g/mol. The van der Waals surface area contributed by atoms with Crippen LogP contribution in [0.1, 0.15) is 31.9 Å². The molecule has 1 heterocycles. The van der Waals surface area contributed by atoms with Crippen LogP contribution in [0.15, 0.2) is 42.5 Å². The van der Waals surface area contributed by atoms with E-state index in [1.165, 1.54) is 11.3 Å². The molecule has 0 unspecified atom stereocenters. The molecule has 1 aliphatic rings. The van der Waals surface area contributed by atoms with Gasteiger partial charge in [-0.05, 0) is 62.9 Å². The van der Waals surface area contributed by atoms with Crippen molar-refractivity contribution >= 4 is 11.6 Å². The Kier molecular flexibility index (Phi) is 6.80. The number of nitrogens with one attached hydrogen (secondary N) is 1. The van der Waals surface area contributed by atoms with Crippen LogP contribution < -0.4 is 19.7 Å². The summed E-state index contributed by atoms with van der Waals surface area (Å²) >= 11 is 0. The number of hydrogen-bond acceptors (Lipinski definition) is 4. The lowest BCUT2D eigenvalue weighted by Crippen LogP contribution is -2.40. The summed E-state index contributed by atoms with van der Waals surface area (Å²) < 4.78 is 11.3. The summed E-state index contributed by atoms with van der Waals surface area (Å²) in [6.07, 6.45) is 1.75. The van der Waals surface area contributed by atoms with Crippen molar-refractivity contribution in [2.75, 3.05) is 31.2 Å². The number of carbonyl (C=O) groups is 1. The van der Waals surface area contributed by atoms with E-state index < -0.39 is 0 Å². The third-order valence-corrected chi connectivity index (χ3v) is 5.01. The third kappa shape index (κ3) is 4.77. The summed E-state index contributed by atoms with van der Waals surface area (Å²) in [4.78, 5) is 14.6. The molecule has 2 aromatic carbocycles. The Morgan fingerprint density at radius 2 is 1.86 bits per heavy atom. The maximum Gasteiger partial charge on any atom is 0.239 e. The second-order valence-electron chi connectivity index (χ2n) is 7.06. The Morgan fingerprint density at radius 3 is 2.64 bits per heavy atom. The highest BCUT2D eigenvalue weighted by molar-refractivity contribution is 5.82. The van der Waals surface area contributed by atoms with Crippen LogP contribution in [0.3, 0.4) is 0 Å². The molecule has 0 aromatic heterocycles. The van der Waals surface area contributed by atoms with Crippen molar-refractivity contribution in [2.24, 2.45) is 0 Å². The first-order valence-electron chi connectivity index (χ1n) is 10.1. The Hall–Kier alpha value is -2.69. The topological polar surface area (TPSA) is 50.8 Å². The third-order valence-electron chi connectivity index (χ3n) is 5.01. The molecular weight excluding hydrogens is 352 g/mol. The number of rotatable bonds is 9. The number of amides is 1. The van der Waals surface area contributed by atoms with Crippen molar-refractivity contribution in [3.05, 3.63) is 53.6 Å². The van der Waals surface area contributed by atoms with Gasteiger partial charge < -0.3 is 19.7 Å². The van der Waals surface area contributed by atoms with Gasteiger partial charge in [0.2, 0.25) is 5.91 Å². The van der Waals surface area contributed by atoms with Gasteiger partial charge >= 0.3 is 0 Å². The molecule has 1 amide bonds. The number of fused-ring (bicyclic) bond motifs is 1. The number of ether oxygens (including phenoxy) is 2. The minimum Gasteiger partial charge on any atom is -0.490 e.